The molecule has 2 nitrogen and oxygen atoms in total. The SMILES string of the molecule is Cc1ccc(F)cc1C(=O)C(C)CCN. The first-order valence-electron chi connectivity index (χ1n) is 5.06. The van der Waals surface area contributed by atoms with Gasteiger partial charge in [0.05, 0.1) is 0 Å². The molecule has 1 aromatic rings. The largest absolute Gasteiger partial charge is 0.330 e. The summed E-state index contributed by atoms with van der Waals surface area (Å²) in [6, 6.07) is 4.28. The fourth-order valence-electron chi connectivity index (χ4n) is 1.51. The maximum atomic E-state index is 13.0. The molecule has 0 radical (unpaired) electrons. The molecule has 0 saturated heterocycles. The molecule has 0 aromatic heterocycles. The van der Waals surface area contributed by atoms with Crippen molar-refractivity contribution in [1.29, 1.82) is 0 Å². The molecule has 1 aromatic carbocycles. The van der Waals surface area contributed by atoms with E-state index in [1.165, 1.54) is 12.1 Å². The van der Waals surface area contributed by atoms with E-state index in [1.807, 2.05) is 13.8 Å². The lowest BCUT2D eigenvalue weighted by Gasteiger charge is -2.11. The van der Waals surface area contributed by atoms with Gasteiger partial charge in [-0.2, -0.15) is 0 Å². The third-order valence-electron chi connectivity index (χ3n) is 2.51. The lowest BCUT2D eigenvalue weighted by atomic mass is 9.93. The Morgan fingerprint density at radius 2 is 2.20 bits per heavy atom. The number of nitrogens with two attached hydrogens (primary N) is 1. The minimum absolute atomic E-state index is 0.0301. The Bertz CT molecular complexity index is 363. The molecule has 0 heterocycles. The summed E-state index contributed by atoms with van der Waals surface area (Å²) in [5, 5.41) is 0. The minimum Gasteiger partial charge on any atom is -0.330 e. The topological polar surface area (TPSA) is 43.1 Å². The van der Waals surface area contributed by atoms with Gasteiger partial charge in [-0.1, -0.05) is 13.0 Å². The van der Waals surface area contributed by atoms with Crippen LogP contribution in [0.15, 0.2) is 18.2 Å². The van der Waals surface area contributed by atoms with Crippen molar-refractivity contribution in [3.8, 4) is 0 Å². The van der Waals surface area contributed by atoms with E-state index in [9.17, 15) is 9.18 Å². The van der Waals surface area contributed by atoms with Gasteiger partial charge in [-0.15, -0.1) is 0 Å². The van der Waals surface area contributed by atoms with Crippen molar-refractivity contribution in [1.82, 2.24) is 0 Å². The van der Waals surface area contributed by atoms with Crippen LogP contribution in [0.2, 0.25) is 0 Å². The van der Waals surface area contributed by atoms with E-state index in [-0.39, 0.29) is 17.5 Å². The standard InChI is InChI=1S/C12H16FNO/c1-8-3-4-10(13)7-11(8)12(15)9(2)5-6-14/h3-4,7,9H,5-6,14H2,1-2H3. The van der Waals surface area contributed by atoms with Gasteiger partial charge >= 0.3 is 0 Å². The van der Waals surface area contributed by atoms with E-state index >= 15 is 0 Å². The molecule has 0 aliphatic carbocycles. The lowest BCUT2D eigenvalue weighted by molar-refractivity contribution is 0.0924. The average molecular weight is 209 g/mol. The number of ketones is 1. The van der Waals surface area contributed by atoms with E-state index in [0.717, 1.165) is 5.56 Å². The third kappa shape index (κ3) is 2.86. The average Bonchev–Trinajstić information content (AvgIpc) is 2.21. The highest BCUT2D eigenvalue weighted by Crippen LogP contribution is 2.16. The van der Waals surface area contributed by atoms with Crippen molar-refractivity contribution >= 4 is 5.78 Å². The maximum absolute atomic E-state index is 13.0. The number of hydrogen-bond donors (Lipinski definition) is 1. The summed E-state index contributed by atoms with van der Waals surface area (Å²) in [4.78, 5) is 11.9. The summed E-state index contributed by atoms with van der Waals surface area (Å²) >= 11 is 0. The van der Waals surface area contributed by atoms with Crippen molar-refractivity contribution in [3.05, 3.63) is 35.1 Å². The number of carbonyl (C=O) groups is 1. The first-order chi connectivity index (χ1) is 7.06. The summed E-state index contributed by atoms with van der Waals surface area (Å²) in [6.45, 7) is 4.10. The van der Waals surface area contributed by atoms with Gasteiger partial charge in [-0.25, -0.2) is 4.39 Å². The van der Waals surface area contributed by atoms with Crippen LogP contribution < -0.4 is 5.73 Å². The molecule has 1 atom stereocenters. The minimum atomic E-state index is -0.371. The Kier molecular flexibility index (Phi) is 3.97. The zero-order chi connectivity index (χ0) is 11.4. The molecular weight excluding hydrogens is 193 g/mol. The van der Waals surface area contributed by atoms with Crippen LogP contribution in [0, 0.1) is 18.7 Å². The highest BCUT2D eigenvalue weighted by molar-refractivity contribution is 5.98. The fourth-order valence-corrected chi connectivity index (χ4v) is 1.51. The molecule has 0 bridgehead atoms. The highest BCUT2D eigenvalue weighted by Gasteiger charge is 2.16. The maximum Gasteiger partial charge on any atom is 0.166 e. The summed E-state index contributed by atoms with van der Waals surface area (Å²) in [6.07, 6.45) is 0.634. The molecule has 82 valence electrons. The van der Waals surface area contributed by atoms with E-state index in [2.05, 4.69) is 0 Å². The second-order valence-electron chi connectivity index (χ2n) is 3.80. The van der Waals surface area contributed by atoms with Crippen molar-refractivity contribution < 1.29 is 9.18 Å². The second kappa shape index (κ2) is 5.03. The molecule has 0 amide bonds. The highest BCUT2D eigenvalue weighted by atomic mass is 19.1. The van der Waals surface area contributed by atoms with Crippen LogP contribution >= 0.6 is 0 Å². The Morgan fingerprint density at radius 1 is 1.53 bits per heavy atom. The van der Waals surface area contributed by atoms with Gasteiger partial charge < -0.3 is 5.73 Å². The van der Waals surface area contributed by atoms with Crippen LogP contribution in [0.3, 0.4) is 0 Å². The number of rotatable bonds is 4. The monoisotopic (exact) mass is 209 g/mol. The predicted molar refractivity (Wildman–Crippen MR) is 58.3 cm³/mol. The van der Waals surface area contributed by atoms with Gasteiger partial charge in [0.1, 0.15) is 5.82 Å². The zero-order valence-electron chi connectivity index (χ0n) is 9.09. The molecule has 2 N–H and O–H groups in total. The number of halogens is 1. The van der Waals surface area contributed by atoms with Gasteiger partial charge in [0.25, 0.3) is 0 Å². The van der Waals surface area contributed by atoms with E-state index in [4.69, 9.17) is 5.73 Å². The van der Waals surface area contributed by atoms with Crippen LogP contribution in [0.25, 0.3) is 0 Å². The Balaban J connectivity index is 2.95. The van der Waals surface area contributed by atoms with Crippen LogP contribution in [-0.4, -0.2) is 12.3 Å². The first kappa shape index (κ1) is 11.9. The van der Waals surface area contributed by atoms with Crippen LogP contribution in [0.5, 0.6) is 0 Å². The van der Waals surface area contributed by atoms with Crippen molar-refractivity contribution in [2.24, 2.45) is 11.7 Å². The van der Waals surface area contributed by atoms with Crippen molar-refractivity contribution in [2.45, 2.75) is 20.3 Å². The summed E-state index contributed by atoms with van der Waals surface area (Å²) < 4.78 is 13.0. The van der Waals surface area contributed by atoms with E-state index < -0.39 is 0 Å². The summed E-state index contributed by atoms with van der Waals surface area (Å²) in [5.74, 6) is -0.545. The van der Waals surface area contributed by atoms with E-state index in [1.54, 1.807) is 6.07 Å². The fraction of sp³-hybridized carbons (Fsp3) is 0.417. The molecule has 15 heavy (non-hydrogen) atoms. The van der Waals surface area contributed by atoms with Crippen LogP contribution in [0.1, 0.15) is 29.3 Å². The molecule has 0 fully saturated rings. The third-order valence-corrected chi connectivity index (χ3v) is 2.51. The number of aryl methyl sites for hydroxylation is 1. The zero-order valence-corrected chi connectivity index (χ0v) is 9.09. The molecule has 0 aliphatic rings. The molecule has 1 rings (SSSR count). The van der Waals surface area contributed by atoms with Gasteiger partial charge in [0.2, 0.25) is 0 Å². The second-order valence-corrected chi connectivity index (χ2v) is 3.80. The van der Waals surface area contributed by atoms with Gasteiger partial charge in [0.15, 0.2) is 5.78 Å². The molecule has 3 heteroatoms. The smallest absolute Gasteiger partial charge is 0.166 e. The van der Waals surface area contributed by atoms with Crippen LogP contribution in [-0.2, 0) is 0 Å². The molecule has 0 spiro atoms. The van der Waals surface area contributed by atoms with Gasteiger partial charge in [-0.3, -0.25) is 4.79 Å². The molecular formula is C12H16FNO. The Labute approximate surface area is 89.3 Å². The first-order valence-corrected chi connectivity index (χ1v) is 5.06. The Morgan fingerprint density at radius 3 is 2.80 bits per heavy atom. The number of benzene rings is 1. The summed E-state index contributed by atoms with van der Waals surface area (Å²) in [7, 11) is 0. The number of carbonyl (C=O) groups excluding carboxylic acids is 1. The Hall–Kier alpha value is -1.22. The normalized spacial score (nSPS) is 12.5. The number of hydrogen-bond acceptors (Lipinski definition) is 2. The quantitative estimate of drug-likeness (QED) is 0.773. The van der Waals surface area contributed by atoms with Crippen molar-refractivity contribution in [2.75, 3.05) is 6.54 Å². The number of Topliss-reactive ketones (excluding diaryl/α,β-unsaturated/α-hetero) is 1. The summed E-state index contributed by atoms with van der Waals surface area (Å²) in [5.41, 5.74) is 6.67. The molecule has 0 saturated carbocycles. The predicted octanol–water partition coefficient (Wildman–Crippen LogP) is 2.30. The molecule has 1 unspecified atom stereocenters. The van der Waals surface area contributed by atoms with Crippen molar-refractivity contribution in [3.63, 3.8) is 0 Å². The van der Waals surface area contributed by atoms with Crippen LogP contribution in [0.4, 0.5) is 4.39 Å². The van der Waals surface area contributed by atoms with Gasteiger partial charge in [0, 0.05) is 11.5 Å². The lowest BCUT2D eigenvalue weighted by Crippen LogP contribution is -2.16. The van der Waals surface area contributed by atoms with Gasteiger partial charge in [-0.05, 0) is 37.6 Å². The molecule has 0 aliphatic heterocycles. The van der Waals surface area contributed by atoms with E-state index in [0.29, 0.717) is 18.5 Å².